The summed E-state index contributed by atoms with van der Waals surface area (Å²) in [6.45, 7) is 0. The molecule has 2 N–H and O–H groups in total. The van der Waals surface area contributed by atoms with Gasteiger partial charge in [-0.2, -0.15) is 5.10 Å². The molecule has 0 saturated heterocycles. The summed E-state index contributed by atoms with van der Waals surface area (Å²) in [7, 11) is 1.59. The van der Waals surface area contributed by atoms with Crippen molar-refractivity contribution < 1.29 is 4.74 Å². The highest BCUT2D eigenvalue weighted by molar-refractivity contribution is 9.10. The van der Waals surface area contributed by atoms with E-state index in [9.17, 15) is 0 Å². The van der Waals surface area contributed by atoms with Gasteiger partial charge in [-0.05, 0) is 15.9 Å². The molecule has 2 aromatic heterocycles. The lowest BCUT2D eigenvalue weighted by Gasteiger charge is -1.95. The van der Waals surface area contributed by atoms with Gasteiger partial charge in [0.05, 0.1) is 17.8 Å². The molecule has 0 aliphatic heterocycles. The van der Waals surface area contributed by atoms with Gasteiger partial charge in [0.2, 0.25) is 0 Å². The monoisotopic (exact) mass is 242 g/mol. The van der Waals surface area contributed by atoms with E-state index < -0.39 is 0 Å². The average Bonchev–Trinajstić information content (AvgIpc) is 2.44. The van der Waals surface area contributed by atoms with Gasteiger partial charge in [-0.3, -0.25) is 0 Å². The van der Waals surface area contributed by atoms with Crippen molar-refractivity contribution in [2.24, 2.45) is 0 Å². The van der Waals surface area contributed by atoms with Crippen molar-refractivity contribution in [2.45, 2.75) is 0 Å². The van der Waals surface area contributed by atoms with E-state index >= 15 is 0 Å². The molecule has 0 fully saturated rings. The largest absolute Gasteiger partial charge is 0.494 e. The lowest BCUT2D eigenvalue weighted by Crippen LogP contribution is -1.97. The first-order chi connectivity index (χ1) is 6.24. The summed E-state index contributed by atoms with van der Waals surface area (Å²) >= 11 is 3.36. The van der Waals surface area contributed by atoms with Crippen LogP contribution >= 0.6 is 15.9 Å². The molecule has 0 amide bonds. The van der Waals surface area contributed by atoms with Crippen LogP contribution in [0.4, 0.5) is 5.82 Å². The molecule has 0 atom stereocenters. The molecule has 13 heavy (non-hydrogen) atoms. The molecular weight excluding hydrogens is 236 g/mol. The standard InChI is InChI=1S/C7H7BrN4O/c1-13-4-2-12-6(5(4)8)7(9)10-3-11-12/h2-3H,1H3,(H2,9,10,11). The number of hydrogen-bond acceptors (Lipinski definition) is 4. The fourth-order valence-corrected chi connectivity index (χ4v) is 1.77. The van der Waals surface area contributed by atoms with Crippen LogP contribution in [0.25, 0.3) is 5.52 Å². The number of hydrogen-bond donors (Lipinski definition) is 1. The van der Waals surface area contributed by atoms with E-state index in [0.717, 1.165) is 9.99 Å². The van der Waals surface area contributed by atoms with E-state index in [4.69, 9.17) is 10.5 Å². The normalized spacial score (nSPS) is 10.6. The van der Waals surface area contributed by atoms with Crippen molar-refractivity contribution in [2.75, 3.05) is 12.8 Å². The molecule has 6 heteroatoms. The van der Waals surface area contributed by atoms with Crippen LogP contribution in [0.3, 0.4) is 0 Å². The van der Waals surface area contributed by atoms with Crippen LogP contribution in [-0.4, -0.2) is 21.7 Å². The van der Waals surface area contributed by atoms with Gasteiger partial charge in [-0.1, -0.05) is 0 Å². The first kappa shape index (κ1) is 8.31. The van der Waals surface area contributed by atoms with Gasteiger partial charge in [-0.25, -0.2) is 9.50 Å². The van der Waals surface area contributed by atoms with E-state index in [2.05, 4.69) is 26.0 Å². The highest BCUT2D eigenvalue weighted by atomic mass is 79.9. The third kappa shape index (κ3) is 1.14. The van der Waals surface area contributed by atoms with E-state index in [0.29, 0.717) is 11.6 Å². The van der Waals surface area contributed by atoms with Gasteiger partial charge in [0.25, 0.3) is 0 Å². The second kappa shape index (κ2) is 2.88. The quantitative estimate of drug-likeness (QED) is 0.813. The molecule has 68 valence electrons. The Morgan fingerprint density at radius 2 is 2.38 bits per heavy atom. The SMILES string of the molecule is COc1cn2ncnc(N)c2c1Br. The molecule has 0 saturated carbocycles. The molecule has 0 aliphatic rings. The van der Waals surface area contributed by atoms with Crippen LogP contribution in [0.1, 0.15) is 0 Å². The number of methoxy groups -OCH3 is 1. The second-order valence-corrected chi connectivity index (χ2v) is 3.24. The van der Waals surface area contributed by atoms with Gasteiger partial charge in [-0.15, -0.1) is 0 Å². The van der Waals surface area contributed by atoms with Crippen LogP contribution in [0, 0.1) is 0 Å². The number of anilines is 1. The maximum atomic E-state index is 5.67. The predicted octanol–water partition coefficient (Wildman–Crippen LogP) is 1.08. The Bertz CT molecular complexity index is 453. The van der Waals surface area contributed by atoms with Crippen LogP contribution in [0.15, 0.2) is 17.0 Å². The Hall–Kier alpha value is -1.30. The Morgan fingerprint density at radius 1 is 1.62 bits per heavy atom. The number of nitrogens with zero attached hydrogens (tertiary/aromatic N) is 3. The third-order valence-electron chi connectivity index (χ3n) is 1.73. The highest BCUT2D eigenvalue weighted by Crippen LogP contribution is 2.32. The zero-order valence-corrected chi connectivity index (χ0v) is 8.45. The first-order valence-corrected chi connectivity index (χ1v) is 4.34. The minimum absolute atomic E-state index is 0.421. The van der Waals surface area contributed by atoms with E-state index in [-0.39, 0.29) is 0 Å². The van der Waals surface area contributed by atoms with Gasteiger partial charge < -0.3 is 10.5 Å². The molecule has 0 unspecified atom stereocenters. The van der Waals surface area contributed by atoms with Crippen molar-refractivity contribution in [3.8, 4) is 5.75 Å². The van der Waals surface area contributed by atoms with E-state index in [1.54, 1.807) is 17.8 Å². The number of fused-ring (bicyclic) bond motifs is 1. The maximum absolute atomic E-state index is 5.67. The van der Waals surface area contributed by atoms with Crippen LogP contribution < -0.4 is 10.5 Å². The van der Waals surface area contributed by atoms with Crippen molar-refractivity contribution in [1.82, 2.24) is 14.6 Å². The average molecular weight is 243 g/mol. The number of nitrogens with two attached hydrogens (primary N) is 1. The molecule has 0 spiro atoms. The summed E-state index contributed by atoms with van der Waals surface area (Å²) in [5.41, 5.74) is 6.39. The maximum Gasteiger partial charge on any atom is 0.153 e. The van der Waals surface area contributed by atoms with Gasteiger partial charge in [0.1, 0.15) is 11.8 Å². The zero-order valence-electron chi connectivity index (χ0n) is 6.86. The molecule has 0 bridgehead atoms. The molecule has 0 aromatic carbocycles. The zero-order chi connectivity index (χ0) is 9.42. The summed E-state index contributed by atoms with van der Waals surface area (Å²) < 4.78 is 7.48. The van der Waals surface area contributed by atoms with Crippen LogP contribution in [0.2, 0.25) is 0 Å². The number of nitrogen functional groups attached to an aromatic ring is 1. The molecule has 0 radical (unpaired) electrons. The predicted molar refractivity (Wildman–Crippen MR) is 51.7 cm³/mol. The fraction of sp³-hybridized carbons (Fsp3) is 0.143. The van der Waals surface area contributed by atoms with Crippen molar-refractivity contribution in [3.05, 3.63) is 17.0 Å². The second-order valence-electron chi connectivity index (χ2n) is 2.45. The summed E-state index contributed by atoms with van der Waals surface area (Å²) in [6.07, 6.45) is 3.13. The number of aromatic nitrogens is 3. The number of rotatable bonds is 1. The van der Waals surface area contributed by atoms with Gasteiger partial charge >= 0.3 is 0 Å². The molecule has 2 rings (SSSR count). The summed E-state index contributed by atoms with van der Waals surface area (Å²) in [4.78, 5) is 3.88. The third-order valence-corrected chi connectivity index (χ3v) is 2.49. The Balaban J connectivity index is 2.85. The molecule has 0 aliphatic carbocycles. The minimum atomic E-state index is 0.421. The Kier molecular flexibility index (Phi) is 1.84. The first-order valence-electron chi connectivity index (χ1n) is 3.55. The summed E-state index contributed by atoms with van der Waals surface area (Å²) in [5.74, 6) is 1.11. The van der Waals surface area contributed by atoms with Gasteiger partial charge in [0.15, 0.2) is 11.6 Å². The van der Waals surface area contributed by atoms with Gasteiger partial charge in [0, 0.05) is 0 Å². The Morgan fingerprint density at radius 3 is 3.00 bits per heavy atom. The minimum Gasteiger partial charge on any atom is -0.494 e. The molecule has 2 aromatic rings. The highest BCUT2D eigenvalue weighted by Gasteiger charge is 2.11. The molecule has 2 heterocycles. The number of ether oxygens (including phenoxy) is 1. The topological polar surface area (TPSA) is 65.4 Å². The van der Waals surface area contributed by atoms with Crippen molar-refractivity contribution >= 4 is 27.3 Å². The smallest absolute Gasteiger partial charge is 0.153 e. The van der Waals surface area contributed by atoms with Crippen LogP contribution in [0.5, 0.6) is 5.75 Å². The molecule has 5 nitrogen and oxygen atoms in total. The lowest BCUT2D eigenvalue weighted by atomic mass is 10.5. The van der Waals surface area contributed by atoms with E-state index in [1.807, 2.05) is 0 Å². The van der Waals surface area contributed by atoms with Crippen molar-refractivity contribution in [3.63, 3.8) is 0 Å². The lowest BCUT2D eigenvalue weighted by molar-refractivity contribution is 0.412. The summed E-state index contributed by atoms with van der Waals surface area (Å²) in [5, 5.41) is 3.99. The van der Waals surface area contributed by atoms with E-state index in [1.165, 1.54) is 6.33 Å². The molecular formula is C7H7BrN4O. The fourth-order valence-electron chi connectivity index (χ4n) is 1.12. The Labute approximate surface area is 82.6 Å². The number of halogens is 1. The summed E-state index contributed by atoms with van der Waals surface area (Å²) in [6, 6.07) is 0. The van der Waals surface area contributed by atoms with Crippen molar-refractivity contribution in [1.29, 1.82) is 0 Å². The van der Waals surface area contributed by atoms with Crippen LogP contribution in [-0.2, 0) is 0 Å².